The summed E-state index contributed by atoms with van der Waals surface area (Å²) >= 11 is 0. The molecule has 0 aromatic carbocycles. The van der Waals surface area contributed by atoms with Crippen LogP contribution >= 0.6 is 0 Å². The summed E-state index contributed by atoms with van der Waals surface area (Å²) in [5, 5.41) is 0. The molecule has 0 aliphatic carbocycles. The third-order valence-corrected chi connectivity index (χ3v) is 4.05. The van der Waals surface area contributed by atoms with Crippen molar-refractivity contribution in [2.45, 2.75) is 112 Å². The second-order valence-electron chi connectivity index (χ2n) is 7.70. The van der Waals surface area contributed by atoms with E-state index in [9.17, 15) is 0 Å². The summed E-state index contributed by atoms with van der Waals surface area (Å²) in [4.78, 5) is 11.4. The molecule has 0 aliphatic rings. The lowest BCUT2D eigenvalue weighted by atomic mass is 9.96. The Bertz CT molecular complexity index is 275. The van der Waals surface area contributed by atoms with E-state index in [1.165, 1.54) is 25.7 Å². The fourth-order valence-electron chi connectivity index (χ4n) is 2.29. The minimum absolute atomic E-state index is 0.0209. The maximum absolute atomic E-state index is 5.91. The molecule has 146 valence electrons. The summed E-state index contributed by atoms with van der Waals surface area (Å²) < 4.78 is 11.8. The molecule has 0 amide bonds. The summed E-state index contributed by atoms with van der Waals surface area (Å²) in [5.74, 6) is 0. The molecule has 4 nitrogen and oxygen atoms in total. The molecule has 0 aromatic heterocycles. The van der Waals surface area contributed by atoms with Crippen LogP contribution in [0.4, 0.5) is 0 Å². The minimum Gasteiger partial charge on any atom is -0.376 e. The molecule has 0 rings (SSSR count). The van der Waals surface area contributed by atoms with Crippen molar-refractivity contribution in [3.05, 3.63) is 0 Å². The summed E-state index contributed by atoms with van der Waals surface area (Å²) in [6, 6.07) is 0. The van der Waals surface area contributed by atoms with Crippen LogP contribution in [0.15, 0.2) is 0 Å². The van der Waals surface area contributed by atoms with E-state index >= 15 is 0 Å². The number of unbranched alkanes of at least 4 members (excludes halogenated alkanes) is 4. The molecule has 0 bridgehead atoms. The van der Waals surface area contributed by atoms with Gasteiger partial charge in [-0.1, -0.05) is 67.2 Å². The summed E-state index contributed by atoms with van der Waals surface area (Å²) in [6.45, 7) is 16.3. The first-order chi connectivity index (χ1) is 11.4. The molecule has 0 aliphatic heterocycles. The molecule has 0 radical (unpaired) electrons. The van der Waals surface area contributed by atoms with Crippen LogP contribution in [0.25, 0.3) is 0 Å². The Balaban J connectivity index is 4.29. The Labute approximate surface area is 150 Å². The van der Waals surface area contributed by atoms with Gasteiger partial charge in [0.25, 0.3) is 0 Å². The van der Waals surface area contributed by atoms with E-state index < -0.39 is 0 Å². The number of hydrogen-bond donors (Lipinski definition) is 0. The van der Waals surface area contributed by atoms with Gasteiger partial charge in [-0.2, -0.15) is 0 Å². The average Bonchev–Trinajstić information content (AvgIpc) is 2.52. The van der Waals surface area contributed by atoms with Crippen LogP contribution in [-0.4, -0.2) is 31.7 Å². The van der Waals surface area contributed by atoms with Crippen molar-refractivity contribution in [2.75, 3.05) is 13.2 Å². The van der Waals surface area contributed by atoms with Gasteiger partial charge in [-0.25, -0.2) is 9.78 Å². The van der Waals surface area contributed by atoms with Crippen molar-refractivity contribution in [3.8, 4) is 0 Å². The van der Waals surface area contributed by atoms with Gasteiger partial charge in [0, 0.05) is 18.6 Å². The van der Waals surface area contributed by atoms with Crippen LogP contribution in [0, 0.1) is 5.41 Å². The number of hydrogen-bond acceptors (Lipinski definition) is 4. The quantitative estimate of drug-likeness (QED) is 0.160. The van der Waals surface area contributed by atoms with Crippen molar-refractivity contribution >= 4 is 0 Å². The van der Waals surface area contributed by atoms with Gasteiger partial charge < -0.3 is 9.47 Å². The smallest absolute Gasteiger partial charge is 0.196 e. The molecule has 0 saturated heterocycles. The molecular weight excluding hydrogens is 304 g/mol. The van der Waals surface area contributed by atoms with Gasteiger partial charge in [0.2, 0.25) is 0 Å². The van der Waals surface area contributed by atoms with Crippen molar-refractivity contribution < 1.29 is 19.2 Å². The summed E-state index contributed by atoms with van der Waals surface area (Å²) in [7, 11) is 0. The van der Waals surface area contributed by atoms with Crippen molar-refractivity contribution in [1.29, 1.82) is 0 Å². The molecule has 3 atom stereocenters. The van der Waals surface area contributed by atoms with E-state index in [1.54, 1.807) is 0 Å². The zero-order chi connectivity index (χ0) is 18.4. The van der Waals surface area contributed by atoms with Gasteiger partial charge in [0.05, 0.1) is 6.10 Å². The van der Waals surface area contributed by atoms with Gasteiger partial charge in [0.15, 0.2) is 6.29 Å². The maximum atomic E-state index is 5.91. The standard InChI is InChI=1S/C20H42O4/c1-8-11-13-15-21-17(4)18(10-3)23-24-19(20(5,6)7)22-16-14-12-9-2/h17-19H,8-16H2,1-7H3. The summed E-state index contributed by atoms with van der Waals surface area (Å²) in [6.07, 6.45) is 7.37. The second kappa shape index (κ2) is 14.1. The SMILES string of the molecule is CCCCCOC(C)C(CC)OOC(OCCCCC)C(C)(C)C. The Hall–Kier alpha value is -0.160. The fourth-order valence-corrected chi connectivity index (χ4v) is 2.29. The zero-order valence-corrected chi connectivity index (χ0v) is 17.2. The first kappa shape index (κ1) is 23.8. The second-order valence-corrected chi connectivity index (χ2v) is 7.70. The first-order valence-corrected chi connectivity index (χ1v) is 9.92. The van der Waals surface area contributed by atoms with Crippen molar-refractivity contribution in [1.82, 2.24) is 0 Å². The van der Waals surface area contributed by atoms with Crippen LogP contribution < -0.4 is 0 Å². The Morgan fingerprint density at radius 2 is 1.29 bits per heavy atom. The fraction of sp³-hybridized carbons (Fsp3) is 1.00. The molecule has 0 saturated carbocycles. The van der Waals surface area contributed by atoms with E-state index in [4.69, 9.17) is 19.2 Å². The van der Waals surface area contributed by atoms with Gasteiger partial charge in [-0.15, -0.1) is 0 Å². The largest absolute Gasteiger partial charge is 0.376 e. The van der Waals surface area contributed by atoms with Crippen LogP contribution in [0.2, 0.25) is 0 Å². The lowest BCUT2D eigenvalue weighted by Crippen LogP contribution is -2.37. The van der Waals surface area contributed by atoms with Crippen molar-refractivity contribution in [3.63, 3.8) is 0 Å². The lowest BCUT2D eigenvalue weighted by Gasteiger charge is -2.31. The van der Waals surface area contributed by atoms with Gasteiger partial charge >= 0.3 is 0 Å². The Morgan fingerprint density at radius 1 is 0.750 bits per heavy atom. The monoisotopic (exact) mass is 346 g/mol. The minimum atomic E-state index is -0.365. The zero-order valence-electron chi connectivity index (χ0n) is 17.2. The lowest BCUT2D eigenvalue weighted by molar-refractivity contribution is -0.425. The van der Waals surface area contributed by atoms with E-state index in [1.807, 2.05) is 0 Å². The van der Waals surface area contributed by atoms with E-state index in [-0.39, 0.29) is 23.9 Å². The Kier molecular flexibility index (Phi) is 14.0. The molecule has 3 unspecified atom stereocenters. The normalized spacial score (nSPS) is 16.1. The first-order valence-electron chi connectivity index (χ1n) is 9.92. The highest BCUT2D eigenvalue weighted by Gasteiger charge is 2.29. The van der Waals surface area contributed by atoms with Gasteiger partial charge in [-0.05, 0) is 26.2 Å². The number of rotatable bonds is 15. The summed E-state index contributed by atoms with van der Waals surface area (Å²) in [5.41, 5.74) is -0.129. The molecular formula is C20H42O4. The van der Waals surface area contributed by atoms with E-state index in [2.05, 4.69) is 48.5 Å². The van der Waals surface area contributed by atoms with Gasteiger partial charge in [0.1, 0.15) is 6.10 Å². The topological polar surface area (TPSA) is 36.9 Å². The van der Waals surface area contributed by atoms with Crippen molar-refractivity contribution in [2.24, 2.45) is 5.41 Å². The molecule has 0 fully saturated rings. The molecule has 0 spiro atoms. The van der Waals surface area contributed by atoms with E-state index in [0.29, 0.717) is 6.61 Å². The van der Waals surface area contributed by atoms with Gasteiger partial charge in [-0.3, -0.25) is 0 Å². The van der Waals surface area contributed by atoms with Crippen LogP contribution in [-0.2, 0) is 19.2 Å². The average molecular weight is 347 g/mol. The van der Waals surface area contributed by atoms with Crippen LogP contribution in [0.1, 0.15) is 93.4 Å². The Morgan fingerprint density at radius 3 is 1.75 bits per heavy atom. The van der Waals surface area contributed by atoms with Crippen LogP contribution in [0.5, 0.6) is 0 Å². The third kappa shape index (κ3) is 11.4. The van der Waals surface area contributed by atoms with Crippen LogP contribution in [0.3, 0.4) is 0 Å². The molecule has 0 heterocycles. The molecule has 0 aromatic rings. The predicted molar refractivity (Wildman–Crippen MR) is 99.9 cm³/mol. The molecule has 24 heavy (non-hydrogen) atoms. The highest BCUT2D eigenvalue weighted by Crippen LogP contribution is 2.25. The van der Waals surface area contributed by atoms with E-state index in [0.717, 1.165) is 25.9 Å². The third-order valence-electron chi connectivity index (χ3n) is 4.05. The highest BCUT2D eigenvalue weighted by atomic mass is 17.2. The molecule has 4 heteroatoms. The predicted octanol–water partition coefficient (Wildman–Crippen LogP) is 5.89. The molecule has 0 N–H and O–H groups in total. The number of ether oxygens (including phenoxy) is 2. The highest BCUT2D eigenvalue weighted by molar-refractivity contribution is 4.67. The maximum Gasteiger partial charge on any atom is 0.196 e.